The van der Waals surface area contributed by atoms with Crippen LogP contribution in [-0.4, -0.2) is 17.4 Å². The molecule has 17 heavy (non-hydrogen) atoms. The Morgan fingerprint density at radius 2 is 2.00 bits per heavy atom. The van der Waals surface area contributed by atoms with Crippen LogP contribution in [0.15, 0.2) is 24.3 Å². The summed E-state index contributed by atoms with van der Waals surface area (Å²) in [5.74, 6) is -1.30. The fourth-order valence-corrected chi connectivity index (χ4v) is 1.79. The van der Waals surface area contributed by atoms with Gasteiger partial charge in [0, 0.05) is 10.9 Å². The molecule has 0 spiro atoms. The van der Waals surface area contributed by atoms with Gasteiger partial charge in [0.25, 0.3) is 0 Å². The van der Waals surface area contributed by atoms with Gasteiger partial charge in [-0.15, -0.1) is 0 Å². The Morgan fingerprint density at radius 3 is 2.53 bits per heavy atom. The fraction of sp³-hybridized carbons (Fsp3) is 0.385. The van der Waals surface area contributed by atoms with Crippen LogP contribution in [0.5, 0.6) is 0 Å². The van der Waals surface area contributed by atoms with Crippen LogP contribution in [0.3, 0.4) is 0 Å². The van der Waals surface area contributed by atoms with E-state index >= 15 is 0 Å². The predicted octanol–water partition coefficient (Wildman–Crippen LogP) is 2.95. The van der Waals surface area contributed by atoms with Gasteiger partial charge in [0.1, 0.15) is 6.29 Å². The minimum atomic E-state index is -0.923. The Morgan fingerprint density at radius 1 is 1.35 bits per heavy atom. The zero-order chi connectivity index (χ0) is 12.7. The Balaban J connectivity index is 2.33. The summed E-state index contributed by atoms with van der Waals surface area (Å²) in [5.41, 5.74) is 1.15. The molecule has 1 N–H and O–H groups in total. The first-order chi connectivity index (χ1) is 8.11. The summed E-state index contributed by atoms with van der Waals surface area (Å²) in [7, 11) is 0. The number of hydrogen-bond acceptors (Lipinski definition) is 2. The van der Waals surface area contributed by atoms with Crippen LogP contribution in [-0.2, 0) is 16.0 Å². The van der Waals surface area contributed by atoms with E-state index in [4.69, 9.17) is 16.7 Å². The second-order valence-corrected chi connectivity index (χ2v) is 4.45. The van der Waals surface area contributed by atoms with E-state index in [0.717, 1.165) is 24.7 Å². The Labute approximate surface area is 105 Å². The molecule has 1 aromatic carbocycles. The zero-order valence-electron chi connectivity index (χ0n) is 9.43. The van der Waals surface area contributed by atoms with Gasteiger partial charge in [0.2, 0.25) is 0 Å². The molecule has 0 aliphatic carbocycles. The van der Waals surface area contributed by atoms with E-state index in [0.29, 0.717) is 11.4 Å². The third-order valence-corrected chi connectivity index (χ3v) is 2.83. The summed E-state index contributed by atoms with van der Waals surface area (Å²) in [6, 6.07) is 7.53. The van der Waals surface area contributed by atoms with Crippen LogP contribution >= 0.6 is 11.6 Å². The Kier molecular flexibility index (Phi) is 5.70. The van der Waals surface area contributed by atoms with Crippen LogP contribution in [0.4, 0.5) is 0 Å². The van der Waals surface area contributed by atoms with Crippen molar-refractivity contribution in [1.29, 1.82) is 0 Å². The molecule has 1 rings (SSSR count). The molecule has 0 amide bonds. The summed E-state index contributed by atoms with van der Waals surface area (Å²) >= 11 is 5.76. The van der Waals surface area contributed by atoms with Gasteiger partial charge in [0.05, 0.1) is 6.42 Å². The van der Waals surface area contributed by atoms with Crippen molar-refractivity contribution in [3.8, 4) is 0 Å². The molecule has 0 saturated carbocycles. The van der Waals surface area contributed by atoms with Crippen molar-refractivity contribution in [3.63, 3.8) is 0 Å². The van der Waals surface area contributed by atoms with Crippen molar-refractivity contribution in [2.75, 3.05) is 0 Å². The normalized spacial score (nSPS) is 12.1. The highest BCUT2D eigenvalue weighted by molar-refractivity contribution is 6.30. The van der Waals surface area contributed by atoms with Crippen LogP contribution in [0.2, 0.25) is 5.02 Å². The predicted molar refractivity (Wildman–Crippen MR) is 66.2 cm³/mol. The lowest BCUT2D eigenvalue weighted by atomic mass is 9.98. The van der Waals surface area contributed by atoms with E-state index in [9.17, 15) is 9.59 Å². The first kappa shape index (κ1) is 13.7. The van der Waals surface area contributed by atoms with Gasteiger partial charge in [-0.25, -0.2) is 0 Å². The molecule has 1 unspecified atom stereocenters. The smallest absolute Gasteiger partial charge is 0.304 e. The van der Waals surface area contributed by atoms with Crippen molar-refractivity contribution in [2.45, 2.75) is 25.7 Å². The number of aldehydes is 1. The maximum Gasteiger partial charge on any atom is 0.304 e. The summed E-state index contributed by atoms with van der Waals surface area (Å²) < 4.78 is 0. The average molecular weight is 255 g/mol. The standard InChI is InChI=1S/C13H15ClO3/c14-12-6-4-10(5-7-12)2-1-3-11(9-15)8-13(16)17/h4-7,9,11H,1-3,8H2,(H,16,17). The summed E-state index contributed by atoms with van der Waals surface area (Å²) in [5, 5.41) is 9.29. The van der Waals surface area contributed by atoms with E-state index in [1.165, 1.54) is 0 Å². The van der Waals surface area contributed by atoms with Crippen LogP contribution in [0.25, 0.3) is 0 Å². The molecular weight excluding hydrogens is 240 g/mol. The lowest BCUT2D eigenvalue weighted by Gasteiger charge is -2.07. The number of aliphatic carboxylic acids is 1. The van der Waals surface area contributed by atoms with Gasteiger partial charge in [0.15, 0.2) is 0 Å². The third-order valence-electron chi connectivity index (χ3n) is 2.58. The summed E-state index contributed by atoms with van der Waals surface area (Å²) in [6.07, 6.45) is 2.90. The second kappa shape index (κ2) is 7.07. The third kappa shape index (κ3) is 5.50. The molecule has 4 heteroatoms. The quantitative estimate of drug-likeness (QED) is 0.761. The molecule has 0 saturated heterocycles. The van der Waals surface area contributed by atoms with Gasteiger partial charge in [-0.2, -0.15) is 0 Å². The number of carboxylic acid groups (broad SMARTS) is 1. The number of benzene rings is 1. The van der Waals surface area contributed by atoms with Crippen molar-refractivity contribution in [1.82, 2.24) is 0 Å². The van der Waals surface area contributed by atoms with Gasteiger partial charge in [-0.1, -0.05) is 23.7 Å². The lowest BCUT2D eigenvalue weighted by Crippen LogP contribution is -2.09. The lowest BCUT2D eigenvalue weighted by molar-refractivity contribution is -0.139. The van der Waals surface area contributed by atoms with E-state index in [1.807, 2.05) is 24.3 Å². The van der Waals surface area contributed by atoms with Crippen molar-refractivity contribution in [2.24, 2.45) is 5.92 Å². The number of carbonyl (C=O) groups is 2. The molecule has 0 aliphatic heterocycles. The fourth-order valence-electron chi connectivity index (χ4n) is 1.66. The SMILES string of the molecule is O=CC(CCCc1ccc(Cl)cc1)CC(=O)O. The number of carboxylic acids is 1. The molecule has 0 aliphatic rings. The summed E-state index contributed by atoms with van der Waals surface area (Å²) in [4.78, 5) is 21.1. The Bertz CT molecular complexity index is 373. The molecular formula is C13H15ClO3. The van der Waals surface area contributed by atoms with Crippen molar-refractivity contribution in [3.05, 3.63) is 34.9 Å². The molecule has 3 nitrogen and oxygen atoms in total. The molecule has 0 radical (unpaired) electrons. The van der Waals surface area contributed by atoms with Gasteiger partial charge in [-0.05, 0) is 37.0 Å². The largest absolute Gasteiger partial charge is 0.481 e. The maximum absolute atomic E-state index is 10.6. The highest BCUT2D eigenvalue weighted by atomic mass is 35.5. The minimum absolute atomic E-state index is 0.0792. The second-order valence-electron chi connectivity index (χ2n) is 4.01. The molecule has 1 atom stereocenters. The minimum Gasteiger partial charge on any atom is -0.481 e. The van der Waals surface area contributed by atoms with E-state index < -0.39 is 5.97 Å². The van der Waals surface area contributed by atoms with Crippen LogP contribution in [0, 0.1) is 5.92 Å². The van der Waals surface area contributed by atoms with Crippen LogP contribution in [0.1, 0.15) is 24.8 Å². The number of carbonyl (C=O) groups excluding carboxylic acids is 1. The first-order valence-electron chi connectivity index (χ1n) is 5.53. The molecule has 92 valence electrons. The molecule has 0 bridgehead atoms. The van der Waals surface area contributed by atoms with Crippen molar-refractivity contribution < 1.29 is 14.7 Å². The van der Waals surface area contributed by atoms with Gasteiger partial charge >= 0.3 is 5.97 Å². The summed E-state index contributed by atoms with van der Waals surface area (Å²) in [6.45, 7) is 0. The first-order valence-corrected chi connectivity index (χ1v) is 5.91. The maximum atomic E-state index is 10.6. The van der Waals surface area contributed by atoms with E-state index in [2.05, 4.69) is 0 Å². The van der Waals surface area contributed by atoms with E-state index in [1.54, 1.807) is 0 Å². The van der Waals surface area contributed by atoms with E-state index in [-0.39, 0.29) is 12.3 Å². The number of rotatable bonds is 7. The topological polar surface area (TPSA) is 54.4 Å². The van der Waals surface area contributed by atoms with Crippen LogP contribution < -0.4 is 0 Å². The number of aryl methyl sites for hydroxylation is 1. The van der Waals surface area contributed by atoms with Crippen molar-refractivity contribution >= 4 is 23.9 Å². The zero-order valence-corrected chi connectivity index (χ0v) is 10.2. The Hall–Kier alpha value is -1.35. The number of hydrogen-bond donors (Lipinski definition) is 1. The average Bonchev–Trinajstić information content (AvgIpc) is 2.30. The molecule has 1 aromatic rings. The molecule has 0 aromatic heterocycles. The highest BCUT2D eigenvalue weighted by Crippen LogP contribution is 2.14. The van der Waals surface area contributed by atoms with Gasteiger partial charge in [-0.3, -0.25) is 4.79 Å². The highest BCUT2D eigenvalue weighted by Gasteiger charge is 2.11. The molecule has 0 fully saturated rings. The number of halogens is 1. The molecule has 0 heterocycles. The monoisotopic (exact) mass is 254 g/mol. The van der Waals surface area contributed by atoms with Gasteiger partial charge < -0.3 is 9.90 Å².